The lowest BCUT2D eigenvalue weighted by atomic mass is 9.78. The number of methoxy groups -OCH3 is 1. The lowest BCUT2D eigenvalue weighted by Gasteiger charge is -2.36. The molecule has 0 aromatic carbocycles. The highest BCUT2D eigenvalue weighted by atomic mass is 16.5. The second-order valence-corrected chi connectivity index (χ2v) is 6.31. The molecule has 2 aliphatic rings. The molecule has 3 unspecified atom stereocenters. The molecule has 6 nitrogen and oxygen atoms in total. The van der Waals surface area contributed by atoms with Crippen LogP contribution in [-0.4, -0.2) is 43.1 Å². The van der Waals surface area contributed by atoms with E-state index in [0.29, 0.717) is 24.1 Å². The number of hydrogen-bond donors (Lipinski definition) is 1. The molecule has 1 aliphatic heterocycles. The smallest absolute Gasteiger partial charge is 0.229 e. The highest BCUT2D eigenvalue weighted by Crippen LogP contribution is 2.41. The van der Waals surface area contributed by atoms with E-state index in [9.17, 15) is 0 Å². The van der Waals surface area contributed by atoms with Gasteiger partial charge in [0.15, 0.2) is 0 Å². The molecule has 1 N–H and O–H groups in total. The summed E-state index contributed by atoms with van der Waals surface area (Å²) in [4.78, 5) is 4.59. The Morgan fingerprint density at radius 1 is 1.48 bits per heavy atom. The summed E-state index contributed by atoms with van der Waals surface area (Å²) in [5.74, 6) is 1.98. The highest BCUT2D eigenvalue weighted by Gasteiger charge is 2.41. The van der Waals surface area contributed by atoms with Crippen LogP contribution in [0.2, 0.25) is 0 Å². The van der Waals surface area contributed by atoms with Crippen LogP contribution in [-0.2, 0) is 21.5 Å². The second-order valence-electron chi connectivity index (χ2n) is 6.31. The maximum Gasteiger partial charge on any atom is 0.229 e. The molecule has 1 saturated carbocycles. The lowest BCUT2D eigenvalue weighted by Crippen LogP contribution is -2.39. The van der Waals surface area contributed by atoms with Gasteiger partial charge >= 0.3 is 0 Å². The van der Waals surface area contributed by atoms with Crippen molar-refractivity contribution in [2.45, 2.75) is 50.7 Å². The van der Waals surface area contributed by atoms with Gasteiger partial charge in [0.2, 0.25) is 11.7 Å². The van der Waals surface area contributed by atoms with Gasteiger partial charge in [0.25, 0.3) is 0 Å². The number of rotatable bonds is 4. The molecule has 0 bridgehead atoms. The Hall–Kier alpha value is -0.980. The molecule has 0 spiro atoms. The van der Waals surface area contributed by atoms with Crippen LogP contribution in [0.4, 0.5) is 0 Å². The van der Waals surface area contributed by atoms with Crippen LogP contribution >= 0.6 is 0 Å². The van der Waals surface area contributed by atoms with Crippen molar-refractivity contribution in [1.82, 2.24) is 15.5 Å². The number of nitrogens with zero attached hydrogens (tertiary/aromatic N) is 2. The quantitative estimate of drug-likeness (QED) is 0.911. The van der Waals surface area contributed by atoms with Gasteiger partial charge < -0.3 is 19.3 Å². The van der Waals surface area contributed by atoms with Gasteiger partial charge in [0.1, 0.15) is 5.60 Å². The summed E-state index contributed by atoms with van der Waals surface area (Å²) < 4.78 is 16.9. The second kappa shape index (κ2) is 6.42. The molecule has 0 radical (unpaired) electrons. The topological polar surface area (TPSA) is 69.4 Å². The van der Waals surface area contributed by atoms with Crippen molar-refractivity contribution in [1.29, 1.82) is 0 Å². The zero-order valence-corrected chi connectivity index (χ0v) is 12.9. The third-order valence-electron chi connectivity index (χ3n) is 4.63. The molecule has 2 heterocycles. The summed E-state index contributed by atoms with van der Waals surface area (Å²) >= 11 is 0. The molecule has 1 aromatic rings. The number of morpholine rings is 1. The first-order chi connectivity index (χ1) is 10.2. The van der Waals surface area contributed by atoms with Crippen molar-refractivity contribution in [2.75, 3.05) is 26.8 Å². The van der Waals surface area contributed by atoms with E-state index < -0.39 is 0 Å². The fraction of sp³-hybridized carbons (Fsp3) is 0.867. The summed E-state index contributed by atoms with van der Waals surface area (Å²) in [6.45, 7) is 4.75. The summed E-state index contributed by atoms with van der Waals surface area (Å²) in [6, 6.07) is 0. The SMILES string of the molecule is COC1(c2noc(CC3CNCCO3)n2)CCCC(C)C1. The van der Waals surface area contributed by atoms with E-state index in [1.54, 1.807) is 7.11 Å². The standard InChI is InChI=1S/C15H25N3O3/c1-11-4-3-5-15(9-11,19-2)14-17-13(21-18-14)8-12-10-16-6-7-20-12/h11-12,16H,3-10H2,1-2H3. The largest absolute Gasteiger partial charge is 0.375 e. The number of nitrogens with one attached hydrogen (secondary N) is 1. The van der Waals surface area contributed by atoms with Crippen molar-refractivity contribution >= 4 is 0 Å². The van der Waals surface area contributed by atoms with E-state index in [1.807, 2.05) is 0 Å². The third kappa shape index (κ3) is 3.27. The predicted molar refractivity (Wildman–Crippen MR) is 76.9 cm³/mol. The summed E-state index contributed by atoms with van der Waals surface area (Å²) in [5, 5.41) is 7.51. The number of hydrogen-bond acceptors (Lipinski definition) is 6. The Morgan fingerprint density at radius 3 is 3.10 bits per heavy atom. The number of aromatic nitrogens is 2. The zero-order valence-electron chi connectivity index (χ0n) is 12.9. The van der Waals surface area contributed by atoms with Gasteiger partial charge in [-0.05, 0) is 25.2 Å². The van der Waals surface area contributed by atoms with E-state index in [2.05, 4.69) is 22.4 Å². The van der Waals surface area contributed by atoms with Crippen molar-refractivity contribution in [3.63, 3.8) is 0 Å². The van der Waals surface area contributed by atoms with Gasteiger partial charge in [0.05, 0.1) is 19.1 Å². The van der Waals surface area contributed by atoms with E-state index in [1.165, 1.54) is 6.42 Å². The van der Waals surface area contributed by atoms with Crippen LogP contribution in [0.25, 0.3) is 0 Å². The highest BCUT2D eigenvalue weighted by molar-refractivity contribution is 5.04. The molecule has 21 heavy (non-hydrogen) atoms. The molecule has 2 fully saturated rings. The van der Waals surface area contributed by atoms with Crippen LogP contribution in [0.3, 0.4) is 0 Å². The zero-order chi connectivity index (χ0) is 14.7. The van der Waals surface area contributed by atoms with E-state index >= 15 is 0 Å². The first-order valence-electron chi connectivity index (χ1n) is 7.92. The van der Waals surface area contributed by atoms with Crippen LogP contribution in [0, 0.1) is 5.92 Å². The maximum atomic E-state index is 5.81. The van der Waals surface area contributed by atoms with E-state index in [-0.39, 0.29) is 11.7 Å². The Kier molecular flexibility index (Phi) is 4.57. The Bertz CT molecular complexity index is 459. The molecule has 1 aromatic heterocycles. The van der Waals surface area contributed by atoms with Gasteiger partial charge in [-0.25, -0.2) is 0 Å². The molecule has 3 atom stereocenters. The minimum atomic E-state index is -0.370. The molecule has 118 valence electrons. The summed E-state index contributed by atoms with van der Waals surface area (Å²) in [6.07, 6.45) is 5.11. The molecule has 0 amide bonds. The van der Waals surface area contributed by atoms with Gasteiger partial charge in [-0.15, -0.1) is 0 Å². The van der Waals surface area contributed by atoms with Gasteiger partial charge in [-0.1, -0.05) is 18.5 Å². The fourth-order valence-corrected chi connectivity index (χ4v) is 3.45. The van der Waals surface area contributed by atoms with Gasteiger partial charge in [0, 0.05) is 20.2 Å². The molecular formula is C15H25N3O3. The fourth-order valence-electron chi connectivity index (χ4n) is 3.45. The predicted octanol–water partition coefficient (Wildman–Crippen LogP) is 1.65. The summed E-state index contributed by atoms with van der Waals surface area (Å²) in [5.41, 5.74) is -0.370. The van der Waals surface area contributed by atoms with Crippen LogP contribution in [0.5, 0.6) is 0 Å². The van der Waals surface area contributed by atoms with Crippen molar-refractivity contribution in [3.8, 4) is 0 Å². The first-order valence-corrected chi connectivity index (χ1v) is 7.92. The van der Waals surface area contributed by atoms with Crippen LogP contribution in [0.1, 0.15) is 44.3 Å². The summed E-state index contributed by atoms with van der Waals surface area (Å²) in [7, 11) is 1.75. The lowest BCUT2D eigenvalue weighted by molar-refractivity contribution is -0.0658. The van der Waals surface area contributed by atoms with E-state index in [4.69, 9.17) is 14.0 Å². The van der Waals surface area contributed by atoms with Crippen LogP contribution < -0.4 is 5.32 Å². The molecule has 1 aliphatic carbocycles. The van der Waals surface area contributed by atoms with Gasteiger partial charge in [-0.3, -0.25) is 0 Å². The molecule has 6 heteroatoms. The van der Waals surface area contributed by atoms with Gasteiger partial charge in [-0.2, -0.15) is 4.98 Å². The minimum Gasteiger partial charge on any atom is -0.375 e. The third-order valence-corrected chi connectivity index (χ3v) is 4.63. The Balaban J connectivity index is 1.70. The number of ether oxygens (including phenoxy) is 2. The van der Waals surface area contributed by atoms with Crippen molar-refractivity contribution < 1.29 is 14.0 Å². The molecular weight excluding hydrogens is 270 g/mol. The van der Waals surface area contributed by atoms with Crippen molar-refractivity contribution in [3.05, 3.63) is 11.7 Å². The van der Waals surface area contributed by atoms with Crippen molar-refractivity contribution in [2.24, 2.45) is 5.92 Å². The molecule has 1 saturated heterocycles. The van der Waals surface area contributed by atoms with Crippen LogP contribution in [0.15, 0.2) is 4.52 Å². The average Bonchev–Trinajstić information content (AvgIpc) is 2.97. The monoisotopic (exact) mass is 295 g/mol. The first kappa shape index (κ1) is 14.9. The Labute approximate surface area is 125 Å². The van der Waals surface area contributed by atoms with E-state index in [0.717, 1.165) is 39.0 Å². The average molecular weight is 295 g/mol. The molecule has 3 rings (SSSR count). The maximum absolute atomic E-state index is 5.81. The minimum absolute atomic E-state index is 0.121. The Morgan fingerprint density at radius 2 is 2.38 bits per heavy atom. The normalized spacial score (nSPS) is 34.0.